The van der Waals surface area contributed by atoms with Crippen LogP contribution >= 0.6 is 0 Å². The Labute approximate surface area is 286 Å². The van der Waals surface area contributed by atoms with Gasteiger partial charge in [-0.3, -0.25) is 9.59 Å². The molecule has 3 heterocycles. The molecule has 0 aliphatic carbocycles. The molecular weight excluding hydrogens is 615 g/mol. The molecule has 50 heavy (non-hydrogen) atoms. The average molecular weight is 644 g/mol. The Morgan fingerprint density at radius 2 is 0.960 bits per heavy atom. The molecule has 0 aliphatic rings. The number of nitrogens with zero attached hydrogens (tertiary/aromatic N) is 3. The number of hydrogen-bond donors (Lipinski definition) is 0. The number of aromatic nitrogens is 2. The Bertz CT molecular complexity index is 3040. The molecule has 0 amide bonds. The highest BCUT2D eigenvalue weighted by Crippen LogP contribution is 2.41. The van der Waals surface area contributed by atoms with Crippen molar-refractivity contribution in [3.05, 3.63) is 184 Å². The van der Waals surface area contributed by atoms with Crippen LogP contribution < -0.4 is 15.8 Å². The minimum Gasteiger partial charge on any atom is -0.310 e. The van der Waals surface area contributed by atoms with E-state index in [1.165, 1.54) is 0 Å². The van der Waals surface area contributed by atoms with E-state index in [4.69, 9.17) is 0 Å². The Morgan fingerprint density at radius 3 is 1.62 bits per heavy atom. The summed E-state index contributed by atoms with van der Waals surface area (Å²) in [6.45, 7) is 2.03. The molecule has 3 aromatic heterocycles. The van der Waals surface area contributed by atoms with Crippen molar-refractivity contribution >= 4 is 77.0 Å². The first-order valence-electron chi connectivity index (χ1n) is 16.8. The van der Waals surface area contributed by atoms with E-state index in [0.29, 0.717) is 27.1 Å². The first kappa shape index (κ1) is 28.3. The molecule has 5 nitrogen and oxygen atoms in total. The Hall–Kier alpha value is -6.72. The van der Waals surface area contributed by atoms with Crippen LogP contribution in [0.4, 0.5) is 17.1 Å². The first-order valence-corrected chi connectivity index (χ1v) is 16.8. The predicted molar refractivity (Wildman–Crippen MR) is 207 cm³/mol. The summed E-state index contributed by atoms with van der Waals surface area (Å²) in [5.74, 6) is 0. The number of pyridine rings is 2. The van der Waals surface area contributed by atoms with Crippen molar-refractivity contribution in [3.63, 3.8) is 0 Å². The second-order valence-electron chi connectivity index (χ2n) is 12.9. The van der Waals surface area contributed by atoms with Gasteiger partial charge in [0.2, 0.25) is 0 Å². The fourth-order valence-corrected chi connectivity index (χ4v) is 7.94. The van der Waals surface area contributed by atoms with Gasteiger partial charge in [-0.15, -0.1) is 0 Å². The largest absolute Gasteiger partial charge is 0.310 e. The molecular formula is C45H29N3O2. The minimum atomic E-state index is -0.0790. The normalized spacial score (nSPS) is 11.9. The summed E-state index contributed by atoms with van der Waals surface area (Å²) in [6.07, 6.45) is 0. The second kappa shape index (κ2) is 10.6. The predicted octanol–water partition coefficient (Wildman–Crippen LogP) is 10.4. The fraction of sp³-hybridized carbons (Fsp3) is 0.0222. The maximum atomic E-state index is 14.5. The lowest BCUT2D eigenvalue weighted by Gasteiger charge is -2.25. The number of aryl methyl sites for hydroxylation is 1. The van der Waals surface area contributed by atoms with Crippen molar-refractivity contribution in [2.24, 2.45) is 0 Å². The highest BCUT2D eigenvalue weighted by Gasteiger charge is 2.22. The molecule has 0 atom stereocenters. The highest BCUT2D eigenvalue weighted by atomic mass is 16.1. The van der Waals surface area contributed by atoms with Crippen molar-refractivity contribution in [2.75, 3.05) is 4.90 Å². The van der Waals surface area contributed by atoms with Gasteiger partial charge in [0.15, 0.2) is 10.9 Å². The highest BCUT2D eigenvalue weighted by molar-refractivity contribution is 6.16. The molecule has 10 rings (SSSR count). The van der Waals surface area contributed by atoms with E-state index in [1.54, 1.807) is 0 Å². The lowest BCUT2D eigenvalue weighted by atomic mass is 10.0. The first-order chi connectivity index (χ1) is 24.6. The summed E-state index contributed by atoms with van der Waals surface area (Å²) in [5, 5.41) is 4.46. The summed E-state index contributed by atoms with van der Waals surface area (Å²) in [7, 11) is 0. The molecule has 0 radical (unpaired) electrons. The lowest BCUT2D eigenvalue weighted by molar-refractivity contribution is 1.18. The minimum absolute atomic E-state index is 0.0521. The van der Waals surface area contributed by atoms with E-state index >= 15 is 0 Å². The molecule has 5 heteroatoms. The summed E-state index contributed by atoms with van der Waals surface area (Å²) >= 11 is 0. The summed E-state index contributed by atoms with van der Waals surface area (Å²) in [5.41, 5.74) is 9.26. The van der Waals surface area contributed by atoms with Gasteiger partial charge in [0.1, 0.15) is 0 Å². The Balaban J connectivity index is 1.38. The molecule has 0 unspecified atom stereocenters. The van der Waals surface area contributed by atoms with Crippen LogP contribution in [0.5, 0.6) is 0 Å². The SMILES string of the molecule is Cc1cccc2c(=O)c3cccc4c(=O)c5cc6c(cc5n(c12)c43)c1ccc(N(c2ccccc2)c2ccccc2)cc1n6-c1ccccc1. The van der Waals surface area contributed by atoms with Crippen LogP contribution in [0.1, 0.15) is 5.56 Å². The van der Waals surface area contributed by atoms with E-state index in [2.05, 4.69) is 105 Å². The quantitative estimate of drug-likeness (QED) is 0.142. The zero-order chi connectivity index (χ0) is 33.5. The van der Waals surface area contributed by atoms with Crippen molar-refractivity contribution < 1.29 is 0 Å². The van der Waals surface area contributed by atoms with E-state index in [1.807, 2.05) is 73.7 Å². The lowest BCUT2D eigenvalue weighted by Crippen LogP contribution is -2.14. The molecule has 0 N–H and O–H groups in total. The van der Waals surface area contributed by atoms with Crippen LogP contribution in [-0.4, -0.2) is 8.97 Å². The van der Waals surface area contributed by atoms with Gasteiger partial charge >= 0.3 is 0 Å². The molecule has 0 saturated heterocycles. The zero-order valence-electron chi connectivity index (χ0n) is 27.2. The third-order valence-electron chi connectivity index (χ3n) is 10.1. The molecule has 10 aromatic rings. The van der Waals surface area contributed by atoms with Crippen LogP contribution in [-0.2, 0) is 0 Å². The Kier molecular flexibility index (Phi) is 6.02. The molecule has 0 fully saturated rings. The number of benzene rings is 7. The second-order valence-corrected chi connectivity index (χ2v) is 12.9. The van der Waals surface area contributed by atoms with Crippen LogP contribution in [0.3, 0.4) is 0 Å². The standard InChI is InChI=1S/C45H29N3O2/c1-28-13-11-20-34-42(28)48-41-26-37-33-24-23-32(46(29-14-5-2-6-15-29)30-16-7-3-8-17-30)25-39(33)47(31-18-9-4-10-19-31)40(37)27-38(41)45(50)36-22-12-21-35(43(36)48)44(34)49/h2-27H,1H3. The van der Waals surface area contributed by atoms with Gasteiger partial charge in [0.25, 0.3) is 0 Å². The van der Waals surface area contributed by atoms with Crippen molar-refractivity contribution in [1.29, 1.82) is 0 Å². The molecule has 7 aromatic carbocycles. The molecule has 0 saturated carbocycles. The maximum absolute atomic E-state index is 14.5. The maximum Gasteiger partial charge on any atom is 0.197 e. The van der Waals surface area contributed by atoms with Crippen LogP contribution in [0.15, 0.2) is 167 Å². The molecule has 0 bridgehead atoms. The number of fused-ring (bicyclic) bond motifs is 7. The molecule has 236 valence electrons. The smallest absolute Gasteiger partial charge is 0.197 e. The Morgan fingerprint density at radius 1 is 0.420 bits per heavy atom. The van der Waals surface area contributed by atoms with Crippen molar-refractivity contribution in [1.82, 2.24) is 8.97 Å². The van der Waals surface area contributed by atoms with Gasteiger partial charge in [-0.2, -0.15) is 0 Å². The molecule has 0 aliphatic heterocycles. The number of para-hydroxylation sites is 5. The van der Waals surface area contributed by atoms with E-state index in [9.17, 15) is 9.59 Å². The van der Waals surface area contributed by atoms with Crippen LogP contribution in [0.25, 0.3) is 65.6 Å². The van der Waals surface area contributed by atoms with Crippen LogP contribution in [0.2, 0.25) is 0 Å². The number of anilines is 3. The van der Waals surface area contributed by atoms with Crippen LogP contribution in [0, 0.1) is 6.92 Å². The van der Waals surface area contributed by atoms with Gasteiger partial charge in [-0.05, 0) is 91.3 Å². The van der Waals surface area contributed by atoms with Gasteiger partial charge in [0, 0.05) is 55.1 Å². The summed E-state index contributed by atoms with van der Waals surface area (Å²) < 4.78 is 4.42. The summed E-state index contributed by atoms with van der Waals surface area (Å²) in [6, 6.07) is 53.3. The molecule has 0 spiro atoms. The van der Waals surface area contributed by atoms with E-state index in [0.717, 1.165) is 61.2 Å². The fourth-order valence-electron chi connectivity index (χ4n) is 7.94. The third-order valence-corrected chi connectivity index (χ3v) is 10.1. The zero-order valence-corrected chi connectivity index (χ0v) is 27.2. The summed E-state index contributed by atoms with van der Waals surface area (Å²) in [4.78, 5) is 30.5. The topological polar surface area (TPSA) is 46.7 Å². The van der Waals surface area contributed by atoms with Gasteiger partial charge in [0.05, 0.1) is 27.6 Å². The van der Waals surface area contributed by atoms with E-state index < -0.39 is 0 Å². The van der Waals surface area contributed by atoms with Gasteiger partial charge < -0.3 is 13.9 Å². The van der Waals surface area contributed by atoms with Gasteiger partial charge in [-0.25, -0.2) is 0 Å². The van der Waals surface area contributed by atoms with Gasteiger partial charge in [-0.1, -0.05) is 78.9 Å². The van der Waals surface area contributed by atoms with Crippen molar-refractivity contribution in [2.45, 2.75) is 6.92 Å². The number of hydrogen-bond acceptors (Lipinski definition) is 3. The monoisotopic (exact) mass is 643 g/mol. The van der Waals surface area contributed by atoms with E-state index in [-0.39, 0.29) is 10.9 Å². The number of rotatable bonds is 4. The van der Waals surface area contributed by atoms with Crippen molar-refractivity contribution in [3.8, 4) is 5.69 Å². The third kappa shape index (κ3) is 3.95. The average Bonchev–Trinajstić information content (AvgIpc) is 3.48.